The number of rotatable bonds is 11. The number of benzene rings is 3. The predicted octanol–water partition coefficient (Wildman–Crippen LogP) is 8.91. The van der Waals surface area contributed by atoms with E-state index < -0.39 is 14.4 Å². The number of nitrogens with one attached hydrogen (secondary N) is 1. The van der Waals surface area contributed by atoms with Crippen LogP contribution in [-0.2, 0) is 12.8 Å². The van der Waals surface area contributed by atoms with Crippen LogP contribution in [0.3, 0.4) is 0 Å². The third kappa shape index (κ3) is 7.08. The Labute approximate surface area is 212 Å². The lowest BCUT2D eigenvalue weighted by atomic mass is 9.93. The fraction of sp³-hybridized carbons (Fsp3) is 0.387. The molecule has 0 fully saturated rings. The molecule has 178 valence electrons. The van der Waals surface area contributed by atoms with Crippen molar-refractivity contribution in [2.75, 3.05) is 4.30 Å². The van der Waals surface area contributed by atoms with Crippen LogP contribution in [0.25, 0.3) is 0 Å². The third-order valence-corrected chi connectivity index (χ3v) is 9.40. The number of para-hydroxylation sites is 1. The molecule has 0 aliphatic heterocycles. The van der Waals surface area contributed by atoms with E-state index in [0.29, 0.717) is 11.8 Å². The highest BCUT2D eigenvalue weighted by Gasteiger charge is 2.21. The second-order valence-electron chi connectivity index (χ2n) is 9.89. The van der Waals surface area contributed by atoms with Gasteiger partial charge in [0.25, 0.3) is 0 Å². The average Bonchev–Trinajstić information content (AvgIpc) is 2.85. The van der Waals surface area contributed by atoms with Crippen molar-refractivity contribution in [3.05, 3.63) is 94.5 Å². The van der Waals surface area contributed by atoms with Crippen molar-refractivity contribution < 1.29 is 0 Å². The largest absolute Gasteiger partial charge is 0.476 e. The van der Waals surface area contributed by atoms with Crippen LogP contribution < -0.4 is 4.30 Å². The van der Waals surface area contributed by atoms with Gasteiger partial charge in [-0.25, -0.2) is 0 Å². The third-order valence-electron chi connectivity index (χ3n) is 6.73. The Morgan fingerprint density at radius 3 is 2.06 bits per heavy atom. The first kappa shape index (κ1) is 26.3. The van der Waals surface area contributed by atoms with Gasteiger partial charge >= 0.3 is 14.4 Å². The quantitative estimate of drug-likeness (QED) is 0.220. The molecule has 3 aromatic rings. The number of hydrogen-bond acceptors (Lipinski definition) is 2. The monoisotopic (exact) mass is 468 g/mol. The van der Waals surface area contributed by atoms with Gasteiger partial charge in [-0.15, -0.1) is 0 Å². The Hall–Kier alpha value is -2.34. The lowest BCUT2D eigenvalue weighted by Gasteiger charge is -2.24. The van der Waals surface area contributed by atoms with E-state index in [1.165, 1.54) is 44.1 Å². The van der Waals surface area contributed by atoms with Crippen molar-refractivity contribution in [2.24, 2.45) is 4.99 Å². The fourth-order valence-corrected chi connectivity index (χ4v) is 6.64. The van der Waals surface area contributed by atoms with E-state index in [-0.39, 0.29) is 0 Å². The summed E-state index contributed by atoms with van der Waals surface area (Å²) >= 11 is -1.15. The standard InChI is InChI=1S/C17H18N.C12H18N.C2H5.Al/c1-3-14-9-11-17(12-10-14)18-13-16-8-6-5-7-15(16)4-2;1-8(2)10-6-5-7-11(9(3)4)12(10)13;1-2;/h5-13H,2-4H2,1H3;5-9,13H,1-4H3;1H2,2H3;/q;-1;;+1. The van der Waals surface area contributed by atoms with Gasteiger partial charge in [0.2, 0.25) is 0 Å². The van der Waals surface area contributed by atoms with Crippen LogP contribution >= 0.6 is 0 Å². The van der Waals surface area contributed by atoms with Gasteiger partial charge in [-0.1, -0.05) is 107 Å². The van der Waals surface area contributed by atoms with E-state index in [2.05, 4.69) is 113 Å². The molecule has 0 aliphatic rings. The first-order chi connectivity index (χ1) is 16.4. The summed E-state index contributed by atoms with van der Waals surface area (Å²) < 4.78 is 4.09. The average molecular weight is 469 g/mol. The maximum atomic E-state index is 4.76. The molecule has 3 rings (SSSR count). The van der Waals surface area contributed by atoms with Gasteiger partial charge in [0, 0.05) is 11.9 Å². The lowest BCUT2D eigenvalue weighted by molar-refractivity contribution is 0.839. The Balaban J connectivity index is 1.74. The second-order valence-corrected chi connectivity index (χ2v) is 13.0. The molecular formula is C31H41AlN2. The first-order valence-electron chi connectivity index (χ1n) is 13.0. The summed E-state index contributed by atoms with van der Waals surface area (Å²) in [7, 11) is 0. The van der Waals surface area contributed by atoms with E-state index in [0.717, 1.165) is 18.5 Å². The maximum absolute atomic E-state index is 4.76. The van der Waals surface area contributed by atoms with Crippen molar-refractivity contribution in [1.29, 1.82) is 0 Å². The van der Waals surface area contributed by atoms with Crippen LogP contribution in [0.15, 0.2) is 71.7 Å². The molecule has 1 N–H and O–H groups in total. The van der Waals surface area contributed by atoms with E-state index in [1.807, 2.05) is 6.21 Å². The first-order valence-corrected chi connectivity index (χ1v) is 15.2. The van der Waals surface area contributed by atoms with Gasteiger partial charge < -0.3 is 4.30 Å². The molecule has 0 spiro atoms. The van der Waals surface area contributed by atoms with Crippen LogP contribution in [0.1, 0.15) is 81.2 Å². The summed E-state index contributed by atoms with van der Waals surface area (Å²) in [6.45, 7) is 13.7. The lowest BCUT2D eigenvalue weighted by Crippen LogP contribution is -2.26. The Morgan fingerprint density at radius 1 is 0.824 bits per heavy atom. The highest BCUT2D eigenvalue weighted by atomic mass is 27.2. The minimum atomic E-state index is -1.15. The molecule has 3 aromatic carbocycles. The molecule has 2 nitrogen and oxygen atoms in total. The van der Waals surface area contributed by atoms with Crippen LogP contribution in [0.5, 0.6) is 0 Å². The number of aliphatic imine (C=N–C) groups is 1. The summed E-state index contributed by atoms with van der Waals surface area (Å²) in [4.78, 5) is 4.76. The van der Waals surface area contributed by atoms with Gasteiger partial charge in [-0.2, -0.15) is 0 Å². The molecular weight excluding hydrogens is 427 g/mol. The topological polar surface area (TPSA) is 24.4 Å². The zero-order valence-corrected chi connectivity index (χ0v) is 23.1. The van der Waals surface area contributed by atoms with Crippen molar-refractivity contribution >= 4 is 32.0 Å². The number of anilines is 1. The summed E-state index contributed by atoms with van der Waals surface area (Å²) in [5.74, 6) is 1.05. The van der Waals surface area contributed by atoms with Crippen molar-refractivity contribution in [3.8, 4) is 0 Å². The van der Waals surface area contributed by atoms with Gasteiger partial charge in [0.15, 0.2) is 0 Å². The molecule has 0 saturated carbocycles. The Bertz CT molecular complexity index is 1040. The second kappa shape index (κ2) is 12.9. The number of hydrogen-bond donors (Lipinski definition) is 1. The van der Waals surface area contributed by atoms with E-state index in [1.54, 1.807) is 0 Å². The van der Waals surface area contributed by atoms with Gasteiger partial charge in [-0.05, 0) is 64.6 Å². The molecule has 0 heterocycles. The van der Waals surface area contributed by atoms with Crippen LogP contribution in [0, 0.1) is 0 Å². The van der Waals surface area contributed by atoms with Crippen LogP contribution in [0.4, 0.5) is 11.4 Å². The number of aryl methyl sites for hydroxylation is 2. The molecule has 0 aliphatic carbocycles. The Morgan fingerprint density at radius 2 is 1.47 bits per heavy atom. The Kier molecular flexibility index (Phi) is 10.00. The summed E-state index contributed by atoms with van der Waals surface area (Å²) in [5.41, 5.74) is 9.32. The molecule has 0 radical (unpaired) electrons. The highest BCUT2D eigenvalue weighted by Crippen LogP contribution is 2.33. The molecule has 3 heteroatoms. The molecule has 0 saturated heterocycles. The minimum absolute atomic E-state index is 0.524. The molecule has 0 bridgehead atoms. The van der Waals surface area contributed by atoms with Crippen LogP contribution in [-0.4, -0.2) is 20.6 Å². The fourth-order valence-electron chi connectivity index (χ4n) is 4.48. The minimum Gasteiger partial charge on any atom is -0.476 e. The number of nitrogens with zero attached hydrogens (tertiary/aromatic N) is 1. The van der Waals surface area contributed by atoms with Gasteiger partial charge in [0.05, 0.1) is 5.69 Å². The van der Waals surface area contributed by atoms with Gasteiger partial charge in [-0.3, -0.25) is 4.99 Å². The predicted molar refractivity (Wildman–Crippen MR) is 153 cm³/mol. The molecule has 34 heavy (non-hydrogen) atoms. The molecule has 0 aromatic heterocycles. The maximum Gasteiger partial charge on any atom is 0.411 e. The van der Waals surface area contributed by atoms with Crippen molar-refractivity contribution in [1.82, 2.24) is 0 Å². The zero-order valence-electron chi connectivity index (χ0n) is 21.9. The van der Waals surface area contributed by atoms with Crippen molar-refractivity contribution in [2.45, 2.75) is 76.8 Å². The normalized spacial score (nSPS) is 11.5. The van der Waals surface area contributed by atoms with E-state index in [4.69, 9.17) is 4.99 Å². The summed E-state index contributed by atoms with van der Waals surface area (Å²) in [6, 6.07) is 24.1. The van der Waals surface area contributed by atoms with E-state index >= 15 is 0 Å². The van der Waals surface area contributed by atoms with Crippen molar-refractivity contribution in [3.63, 3.8) is 0 Å². The van der Waals surface area contributed by atoms with Gasteiger partial charge in [0.1, 0.15) is 0 Å². The zero-order chi connectivity index (χ0) is 24.5. The summed E-state index contributed by atoms with van der Waals surface area (Å²) in [5, 5.41) is 2.47. The van der Waals surface area contributed by atoms with Crippen LogP contribution in [0.2, 0.25) is 10.6 Å². The SMILES string of the molecule is CCc1ccc(N=Cc2ccccc2C[CH2][Al]([CH2]C)[NH]c2c(C(C)C)cccc2C(C)C)cc1. The molecule has 0 unspecified atom stereocenters. The molecule has 0 amide bonds. The molecule has 0 atom stereocenters. The smallest absolute Gasteiger partial charge is 0.411 e. The highest BCUT2D eigenvalue weighted by molar-refractivity contribution is 6.62. The summed E-state index contributed by atoms with van der Waals surface area (Å²) in [6.07, 6.45) is 4.19. The van der Waals surface area contributed by atoms with E-state index in [9.17, 15) is 0 Å².